The monoisotopic (exact) mass is 268 g/mol. The third kappa shape index (κ3) is 9.76. The third-order valence-electron chi connectivity index (χ3n) is 2.14. The summed E-state index contributed by atoms with van der Waals surface area (Å²) >= 11 is 0. The molecule has 0 aliphatic carbocycles. The number of hydrogen-bond acceptors (Lipinski definition) is 6. The summed E-state index contributed by atoms with van der Waals surface area (Å²) in [6.45, 7) is 7.76. The Bertz CT molecular complexity index is 391. The fraction of sp³-hybridized carbons (Fsp3) is 0.583. The van der Waals surface area contributed by atoms with Gasteiger partial charge in [-0.2, -0.15) is 10.4 Å². The molecule has 0 amide bonds. The standard InChI is InChI=1S/C6H11N3.C6H9NO.H4N2/c1-4(2)5-3-6(7)9-8-5;1-5(2)6(8)3-4-7;1-2/h3-4H,1-2H3,(H3,7,8,9);5H,3H2,1-2H3;1-2H2. The van der Waals surface area contributed by atoms with Crippen molar-refractivity contribution in [2.75, 3.05) is 5.73 Å². The molecular weight excluding hydrogens is 244 g/mol. The number of anilines is 1. The molecule has 0 aromatic carbocycles. The van der Waals surface area contributed by atoms with Gasteiger partial charge in [0.1, 0.15) is 11.6 Å². The zero-order chi connectivity index (χ0) is 15.4. The first kappa shape index (κ1) is 19.4. The van der Waals surface area contributed by atoms with E-state index in [9.17, 15) is 4.79 Å². The molecule has 0 aliphatic heterocycles. The van der Waals surface area contributed by atoms with Gasteiger partial charge in [0.15, 0.2) is 0 Å². The maximum Gasteiger partial charge on any atom is 0.149 e. The molecule has 19 heavy (non-hydrogen) atoms. The van der Waals surface area contributed by atoms with Crippen molar-refractivity contribution in [3.63, 3.8) is 0 Å². The molecule has 0 atom stereocenters. The second kappa shape index (κ2) is 11.2. The van der Waals surface area contributed by atoms with E-state index in [2.05, 4.69) is 35.7 Å². The van der Waals surface area contributed by atoms with Crippen molar-refractivity contribution < 1.29 is 4.79 Å². The van der Waals surface area contributed by atoms with Crippen LogP contribution in [0.25, 0.3) is 0 Å². The van der Waals surface area contributed by atoms with Crippen molar-refractivity contribution >= 4 is 11.6 Å². The van der Waals surface area contributed by atoms with E-state index in [0.29, 0.717) is 11.7 Å². The molecule has 7 heteroatoms. The number of rotatable bonds is 3. The molecule has 1 aromatic rings. The SMILES string of the molecule is CC(C)C(=O)CC#N.CC(C)c1cc(N)n[nH]1.NN. The van der Waals surface area contributed by atoms with Crippen LogP contribution >= 0.6 is 0 Å². The fourth-order valence-electron chi connectivity index (χ4n) is 0.931. The van der Waals surface area contributed by atoms with Crippen LogP contribution in [0.1, 0.15) is 45.7 Å². The maximum absolute atomic E-state index is 10.5. The lowest BCUT2D eigenvalue weighted by Crippen LogP contribution is -2.04. The van der Waals surface area contributed by atoms with Gasteiger partial charge in [0, 0.05) is 17.7 Å². The zero-order valence-corrected chi connectivity index (χ0v) is 12.0. The first-order valence-electron chi connectivity index (χ1n) is 5.92. The Morgan fingerprint density at radius 3 is 2.11 bits per heavy atom. The van der Waals surface area contributed by atoms with Gasteiger partial charge in [0.25, 0.3) is 0 Å². The van der Waals surface area contributed by atoms with E-state index in [1.54, 1.807) is 19.9 Å². The summed E-state index contributed by atoms with van der Waals surface area (Å²) in [4.78, 5) is 10.5. The molecule has 1 rings (SSSR count). The highest BCUT2D eigenvalue weighted by molar-refractivity contribution is 5.82. The second-order valence-corrected chi connectivity index (χ2v) is 4.36. The number of carbonyl (C=O) groups is 1. The molecule has 0 fully saturated rings. The fourth-order valence-corrected chi connectivity index (χ4v) is 0.931. The molecule has 0 spiro atoms. The van der Waals surface area contributed by atoms with Crippen molar-refractivity contribution in [1.29, 1.82) is 5.26 Å². The van der Waals surface area contributed by atoms with Crippen LogP contribution in [0.4, 0.5) is 5.82 Å². The van der Waals surface area contributed by atoms with Gasteiger partial charge in [-0.15, -0.1) is 0 Å². The molecule has 108 valence electrons. The van der Waals surface area contributed by atoms with E-state index in [0.717, 1.165) is 5.69 Å². The highest BCUT2D eigenvalue weighted by atomic mass is 16.1. The highest BCUT2D eigenvalue weighted by Crippen LogP contribution is 2.11. The van der Waals surface area contributed by atoms with Crippen LogP contribution in [-0.2, 0) is 4.79 Å². The second-order valence-electron chi connectivity index (χ2n) is 4.36. The van der Waals surface area contributed by atoms with Crippen LogP contribution in [0.5, 0.6) is 0 Å². The van der Waals surface area contributed by atoms with Gasteiger partial charge in [-0.05, 0) is 5.92 Å². The Morgan fingerprint density at radius 1 is 1.42 bits per heavy atom. The van der Waals surface area contributed by atoms with Crippen molar-refractivity contribution in [3.8, 4) is 6.07 Å². The van der Waals surface area contributed by atoms with Gasteiger partial charge in [0.2, 0.25) is 0 Å². The minimum absolute atomic E-state index is 0.00894. The molecule has 0 saturated heterocycles. The minimum Gasteiger partial charge on any atom is -0.382 e. The zero-order valence-electron chi connectivity index (χ0n) is 12.0. The Labute approximate surface area is 114 Å². The summed E-state index contributed by atoms with van der Waals surface area (Å²) in [7, 11) is 0. The largest absolute Gasteiger partial charge is 0.382 e. The molecule has 7 N–H and O–H groups in total. The van der Waals surface area contributed by atoms with E-state index in [4.69, 9.17) is 11.0 Å². The number of nitrogen functional groups attached to an aromatic ring is 1. The van der Waals surface area contributed by atoms with Crippen molar-refractivity contribution in [1.82, 2.24) is 10.2 Å². The van der Waals surface area contributed by atoms with Gasteiger partial charge in [-0.25, -0.2) is 0 Å². The van der Waals surface area contributed by atoms with Crippen LogP contribution in [0.15, 0.2) is 6.07 Å². The molecule has 1 aromatic heterocycles. The van der Waals surface area contributed by atoms with Gasteiger partial charge >= 0.3 is 0 Å². The number of nitriles is 1. The van der Waals surface area contributed by atoms with E-state index >= 15 is 0 Å². The van der Waals surface area contributed by atoms with Crippen LogP contribution in [0.3, 0.4) is 0 Å². The summed E-state index contributed by atoms with van der Waals surface area (Å²) in [5.74, 6) is 9.08. The van der Waals surface area contributed by atoms with Crippen molar-refractivity contribution in [3.05, 3.63) is 11.8 Å². The number of Topliss-reactive ketones (excluding diaryl/α,β-unsaturated/α-hetero) is 1. The van der Waals surface area contributed by atoms with Crippen molar-refractivity contribution in [2.45, 2.75) is 40.0 Å². The van der Waals surface area contributed by atoms with E-state index in [1.165, 1.54) is 0 Å². The Kier molecular flexibility index (Phi) is 11.4. The van der Waals surface area contributed by atoms with Crippen LogP contribution in [0.2, 0.25) is 0 Å². The number of aromatic amines is 1. The Morgan fingerprint density at radius 2 is 1.95 bits per heavy atom. The number of nitrogens with two attached hydrogens (primary N) is 3. The van der Waals surface area contributed by atoms with Crippen LogP contribution in [-0.4, -0.2) is 16.0 Å². The van der Waals surface area contributed by atoms with E-state index in [1.807, 2.05) is 6.07 Å². The maximum atomic E-state index is 10.5. The molecule has 0 radical (unpaired) electrons. The van der Waals surface area contributed by atoms with Gasteiger partial charge in [-0.3, -0.25) is 21.6 Å². The number of hydrazine groups is 1. The van der Waals surface area contributed by atoms with Crippen LogP contribution < -0.4 is 17.4 Å². The predicted molar refractivity (Wildman–Crippen MR) is 75.5 cm³/mol. The first-order chi connectivity index (χ1) is 8.88. The molecule has 0 unspecified atom stereocenters. The van der Waals surface area contributed by atoms with E-state index in [-0.39, 0.29) is 18.1 Å². The number of aromatic nitrogens is 2. The third-order valence-corrected chi connectivity index (χ3v) is 2.14. The quantitative estimate of drug-likeness (QED) is 0.476. The number of ketones is 1. The first-order valence-corrected chi connectivity index (χ1v) is 5.92. The number of nitrogens with one attached hydrogen (secondary N) is 1. The van der Waals surface area contributed by atoms with E-state index < -0.39 is 0 Å². The summed E-state index contributed by atoms with van der Waals surface area (Å²) < 4.78 is 0. The lowest BCUT2D eigenvalue weighted by atomic mass is 10.1. The number of carbonyl (C=O) groups excluding carboxylic acids is 1. The number of H-pyrrole nitrogens is 1. The molecular formula is C12H24N6O. The average Bonchev–Trinajstić information content (AvgIpc) is 2.80. The minimum atomic E-state index is 0.00894. The number of hydrogen-bond donors (Lipinski definition) is 4. The lowest BCUT2D eigenvalue weighted by molar-refractivity contribution is -0.120. The number of nitrogens with zero attached hydrogens (tertiary/aromatic N) is 2. The molecule has 0 aliphatic rings. The summed E-state index contributed by atoms with van der Waals surface area (Å²) in [5, 5.41) is 14.6. The van der Waals surface area contributed by atoms with Gasteiger partial charge in [-0.1, -0.05) is 27.7 Å². The van der Waals surface area contributed by atoms with Gasteiger partial charge < -0.3 is 5.73 Å². The topological polar surface area (TPSA) is 148 Å². The summed E-state index contributed by atoms with van der Waals surface area (Å²) in [6, 6.07) is 3.65. The predicted octanol–water partition coefficient (Wildman–Crippen LogP) is 1.06. The Hall–Kier alpha value is -1.91. The van der Waals surface area contributed by atoms with Crippen LogP contribution in [0, 0.1) is 17.2 Å². The van der Waals surface area contributed by atoms with Crippen molar-refractivity contribution in [2.24, 2.45) is 17.6 Å². The summed E-state index contributed by atoms with van der Waals surface area (Å²) in [6.07, 6.45) is 0.0532. The Balaban J connectivity index is 0. The van der Waals surface area contributed by atoms with Gasteiger partial charge in [0.05, 0.1) is 12.5 Å². The molecule has 0 bridgehead atoms. The lowest BCUT2D eigenvalue weighted by Gasteiger charge is -1.95. The summed E-state index contributed by atoms with van der Waals surface area (Å²) in [5.41, 5.74) is 6.46. The smallest absolute Gasteiger partial charge is 0.149 e. The highest BCUT2D eigenvalue weighted by Gasteiger charge is 2.03. The molecule has 0 saturated carbocycles. The normalized spacial score (nSPS) is 9.00. The molecule has 7 nitrogen and oxygen atoms in total. The molecule has 1 heterocycles. The average molecular weight is 268 g/mol.